The molecule has 1 amide bonds. The molecule has 100 valence electrons. The maximum absolute atomic E-state index is 12.1. The monoisotopic (exact) mass is 271 g/mol. The van der Waals surface area contributed by atoms with Gasteiger partial charge in [-0.25, -0.2) is 13.1 Å². The van der Waals surface area contributed by atoms with Crippen molar-refractivity contribution in [3.8, 4) is 0 Å². The van der Waals surface area contributed by atoms with E-state index in [2.05, 4.69) is 4.72 Å². The highest BCUT2D eigenvalue weighted by Gasteiger charge is 2.20. The van der Waals surface area contributed by atoms with Gasteiger partial charge in [0.15, 0.2) is 0 Å². The number of hydrogen-bond donors (Lipinski definition) is 3. The fourth-order valence-corrected chi connectivity index (χ4v) is 3.01. The average Bonchev–Trinajstić information content (AvgIpc) is 2.23. The maximum Gasteiger partial charge on any atom is 0.242 e. The van der Waals surface area contributed by atoms with Crippen LogP contribution in [0.5, 0.6) is 0 Å². The Morgan fingerprint density at radius 1 is 1.33 bits per heavy atom. The topological polar surface area (TPSA) is 115 Å². The summed E-state index contributed by atoms with van der Waals surface area (Å²) < 4.78 is 26.4. The number of primary amides is 1. The molecule has 0 saturated carbocycles. The lowest BCUT2D eigenvalue weighted by Gasteiger charge is -2.13. The number of sulfonamides is 1. The summed E-state index contributed by atoms with van der Waals surface area (Å²) in [5.74, 6) is -0.563. The predicted octanol–water partition coefficient (Wildman–Crippen LogP) is 0.0393. The predicted molar refractivity (Wildman–Crippen MR) is 69.3 cm³/mol. The Bertz CT molecular complexity index is 567. The van der Waals surface area contributed by atoms with Crippen molar-refractivity contribution in [2.45, 2.75) is 25.2 Å². The molecule has 7 heteroatoms. The summed E-state index contributed by atoms with van der Waals surface area (Å²) in [6.45, 7) is 3.45. The Labute approximate surface area is 106 Å². The molecule has 0 spiro atoms. The minimum Gasteiger partial charge on any atom is -0.398 e. The summed E-state index contributed by atoms with van der Waals surface area (Å²) in [5.41, 5.74) is 12.3. The summed E-state index contributed by atoms with van der Waals surface area (Å²) >= 11 is 0. The number of carbonyl (C=O) groups excluding carboxylic acids is 1. The number of nitrogens with one attached hydrogen (secondary N) is 1. The van der Waals surface area contributed by atoms with Crippen molar-refractivity contribution in [1.82, 2.24) is 4.72 Å². The van der Waals surface area contributed by atoms with E-state index in [1.54, 1.807) is 26.0 Å². The molecule has 1 aromatic rings. The fraction of sp³-hybridized carbons (Fsp3) is 0.364. The van der Waals surface area contributed by atoms with Crippen LogP contribution in [0.25, 0.3) is 0 Å². The highest BCUT2D eigenvalue weighted by molar-refractivity contribution is 7.89. The minimum absolute atomic E-state index is 0.0372. The molecule has 0 saturated heterocycles. The molecule has 0 atom stereocenters. The number of rotatable bonds is 5. The lowest BCUT2D eigenvalue weighted by atomic mass is 10.1. The summed E-state index contributed by atoms with van der Waals surface area (Å²) in [4.78, 5) is 10.6. The van der Waals surface area contributed by atoms with Crippen molar-refractivity contribution >= 4 is 21.6 Å². The van der Waals surface area contributed by atoms with E-state index in [9.17, 15) is 13.2 Å². The first-order valence-corrected chi connectivity index (χ1v) is 6.87. The highest BCUT2D eigenvalue weighted by Crippen LogP contribution is 2.24. The van der Waals surface area contributed by atoms with Crippen LogP contribution in [-0.2, 0) is 14.8 Å². The third-order valence-electron chi connectivity index (χ3n) is 2.64. The van der Waals surface area contributed by atoms with E-state index in [1.807, 2.05) is 0 Å². The van der Waals surface area contributed by atoms with Gasteiger partial charge in [-0.2, -0.15) is 0 Å². The fourth-order valence-electron chi connectivity index (χ4n) is 1.55. The number of hydrogen-bond acceptors (Lipinski definition) is 4. The van der Waals surface area contributed by atoms with Gasteiger partial charge in [-0.15, -0.1) is 0 Å². The molecular weight excluding hydrogens is 254 g/mol. The number of aryl methyl sites for hydroxylation is 1. The van der Waals surface area contributed by atoms with Gasteiger partial charge in [-0.1, -0.05) is 6.07 Å². The first-order chi connectivity index (χ1) is 8.25. The van der Waals surface area contributed by atoms with Gasteiger partial charge >= 0.3 is 0 Å². The van der Waals surface area contributed by atoms with E-state index < -0.39 is 15.9 Å². The van der Waals surface area contributed by atoms with Gasteiger partial charge in [0, 0.05) is 13.0 Å². The third-order valence-corrected chi connectivity index (χ3v) is 4.30. The molecular formula is C11H17N3O3S. The van der Waals surface area contributed by atoms with Gasteiger partial charge in [-0.05, 0) is 31.0 Å². The largest absolute Gasteiger partial charge is 0.398 e. The van der Waals surface area contributed by atoms with Crippen molar-refractivity contribution < 1.29 is 13.2 Å². The molecule has 6 nitrogen and oxygen atoms in total. The molecule has 1 aromatic carbocycles. The second-order valence-corrected chi connectivity index (χ2v) is 5.74. The summed E-state index contributed by atoms with van der Waals surface area (Å²) in [7, 11) is -3.72. The molecule has 0 aliphatic rings. The number of anilines is 1. The minimum atomic E-state index is -3.72. The molecule has 0 unspecified atom stereocenters. The number of carbonyl (C=O) groups is 1. The Morgan fingerprint density at radius 3 is 2.50 bits per heavy atom. The molecule has 1 rings (SSSR count). The van der Waals surface area contributed by atoms with Crippen molar-refractivity contribution in [1.29, 1.82) is 0 Å². The molecule has 0 aliphatic heterocycles. The molecule has 5 N–H and O–H groups in total. The van der Waals surface area contributed by atoms with Crippen LogP contribution in [0.3, 0.4) is 0 Å². The van der Waals surface area contributed by atoms with Gasteiger partial charge in [0.25, 0.3) is 0 Å². The van der Waals surface area contributed by atoms with Crippen molar-refractivity contribution in [3.63, 3.8) is 0 Å². The van der Waals surface area contributed by atoms with E-state index >= 15 is 0 Å². The van der Waals surface area contributed by atoms with E-state index in [4.69, 9.17) is 11.5 Å². The van der Waals surface area contributed by atoms with Gasteiger partial charge < -0.3 is 11.5 Å². The lowest BCUT2D eigenvalue weighted by molar-refractivity contribution is -0.117. The maximum atomic E-state index is 12.1. The van der Waals surface area contributed by atoms with Crippen molar-refractivity contribution in [3.05, 3.63) is 23.3 Å². The number of amides is 1. The Kier molecular flexibility index (Phi) is 4.31. The normalized spacial score (nSPS) is 11.4. The zero-order valence-electron chi connectivity index (χ0n) is 10.4. The SMILES string of the molecule is Cc1ccc(N)c(S(=O)(=O)NCCC(N)=O)c1C. The number of nitrogen functional groups attached to an aromatic ring is 1. The van der Waals surface area contributed by atoms with Gasteiger partial charge in [-0.3, -0.25) is 4.79 Å². The molecule has 0 aromatic heterocycles. The number of nitrogens with two attached hydrogens (primary N) is 2. The van der Waals surface area contributed by atoms with E-state index in [0.29, 0.717) is 5.56 Å². The molecule has 0 radical (unpaired) electrons. The lowest BCUT2D eigenvalue weighted by Crippen LogP contribution is -2.29. The van der Waals surface area contributed by atoms with Crippen LogP contribution in [0.1, 0.15) is 17.5 Å². The van der Waals surface area contributed by atoms with E-state index in [0.717, 1.165) is 5.56 Å². The van der Waals surface area contributed by atoms with Gasteiger partial charge in [0.05, 0.1) is 5.69 Å². The van der Waals surface area contributed by atoms with Crippen molar-refractivity contribution in [2.24, 2.45) is 5.73 Å². The van der Waals surface area contributed by atoms with Crippen LogP contribution in [-0.4, -0.2) is 20.9 Å². The zero-order valence-corrected chi connectivity index (χ0v) is 11.2. The van der Waals surface area contributed by atoms with Crippen molar-refractivity contribution in [2.75, 3.05) is 12.3 Å². The van der Waals surface area contributed by atoms with Crippen LogP contribution in [0.4, 0.5) is 5.69 Å². The zero-order chi connectivity index (χ0) is 13.9. The summed E-state index contributed by atoms with van der Waals surface area (Å²) in [6.07, 6.45) is -0.0516. The molecule has 0 bridgehead atoms. The quantitative estimate of drug-likeness (QED) is 0.656. The highest BCUT2D eigenvalue weighted by atomic mass is 32.2. The van der Waals surface area contributed by atoms with Crippen LogP contribution in [0.2, 0.25) is 0 Å². The van der Waals surface area contributed by atoms with E-state index in [1.165, 1.54) is 0 Å². The second kappa shape index (κ2) is 5.36. The smallest absolute Gasteiger partial charge is 0.242 e. The van der Waals surface area contributed by atoms with E-state index in [-0.39, 0.29) is 23.5 Å². The molecule has 0 heterocycles. The third kappa shape index (κ3) is 3.21. The summed E-state index contributed by atoms with van der Waals surface area (Å²) in [5, 5.41) is 0. The van der Waals surface area contributed by atoms with Crippen LogP contribution < -0.4 is 16.2 Å². The molecule has 0 aliphatic carbocycles. The second-order valence-electron chi connectivity index (χ2n) is 4.04. The Morgan fingerprint density at radius 2 is 1.94 bits per heavy atom. The van der Waals surface area contributed by atoms with Gasteiger partial charge in [0.2, 0.25) is 15.9 Å². The van der Waals surface area contributed by atoms with Crippen LogP contribution >= 0.6 is 0 Å². The number of benzene rings is 1. The Balaban J connectivity index is 3.05. The van der Waals surface area contributed by atoms with Crippen LogP contribution in [0.15, 0.2) is 17.0 Å². The van der Waals surface area contributed by atoms with Crippen LogP contribution in [0, 0.1) is 13.8 Å². The first kappa shape index (κ1) is 14.5. The standard InChI is InChI=1S/C11H17N3O3S/c1-7-3-4-9(12)11(8(7)2)18(16,17)14-6-5-10(13)15/h3-4,14H,5-6,12H2,1-2H3,(H2,13,15). The average molecular weight is 271 g/mol. The molecule has 18 heavy (non-hydrogen) atoms. The van der Waals surface area contributed by atoms with Gasteiger partial charge in [0.1, 0.15) is 4.90 Å². The first-order valence-electron chi connectivity index (χ1n) is 5.39. The Hall–Kier alpha value is -1.60. The summed E-state index contributed by atoms with van der Waals surface area (Å²) in [6, 6.07) is 3.30. The molecule has 0 fully saturated rings.